The van der Waals surface area contributed by atoms with E-state index in [1.807, 2.05) is 0 Å². The Kier molecular flexibility index (Phi) is 1660. The third kappa shape index (κ3) is 87.2. The predicted molar refractivity (Wildman–Crippen MR) is 23.1 cm³/mol. The molecule has 0 radical (unpaired) electrons. The topological polar surface area (TPSA) is 180 Å². The first-order valence-electron chi connectivity index (χ1n) is 0. The molecule has 0 aromatic heterocycles. The fourth-order valence-electron chi connectivity index (χ4n) is 0. The van der Waals surface area contributed by atoms with Crippen LogP contribution in [0.1, 0.15) is 0 Å². The summed E-state index contributed by atoms with van der Waals surface area (Å²) in [5.41, 5.74) is 0. The van der Waals surface area contributed by atoms with Crippen molar-refractivity contribution in [1.82, 2.24) is 0 Å². The summed E-state index contributed by atoms with van der Waals surface area (Å²) in [5, 5.41) is 0. The maximum absolute atomic E-state index is 0. The van der Waals surface area contributed by atoms with Crippen molar-refractivity contribution in [2.45, 2.75) is 0 Å². The Balaban J connectivity index is 0. The first-order chi connectivity index (χ1) is 0. The molecule has 0 aliphatic heterocycles. The van der Waals surface area contributed by atoms with Gasteiger partial charge in [0.15, 0.2) is 0 Å². The Morgan fingerprint density at radius 1 is 0.333 bits per heavy atom. The van der Waals surface area contributed by atoms with Gasteiger partial charge >= 0.3 is 114 Å². The van der Waals surface area contributed by atoms with Gasteiger partial charge in [0.1, 0.15) is 0 Å². The predicted octanol–water partition coefficient (Wildman–Crippen LogP) is -1.82. The van der Waals surface area contributed by atoms with Crippen LogP contribution in [0.15, 0.2) is 0 Å². The van der Waals surface area contributed by atoms with E-state index in [1.54, 1.807) is 0 Å². The molecule has 0 saturated carbocycles. The quantitative estimate of drug-likeness (QED) is 0.404. The van der Waals surface area contributed by atoms with E-state index < -0.39 is 0 Å². The smallest absolute Gasteiger partial charge is 0.870 e. The molecule has 6 nitrogen and oxygen atoms in total. The summed E-state index contributed by atoms with van der Waals surface area (Å²) in [6, 6.07) is 0. The van der Waals surface area contributed by atoms with Gasteiger partial charge in [-0.1, -0.05) is 0 Å². The van der Waals surface area contributed by atoms with E-state index in [2.05, 4.69) is 0 Å². The van der Waals surface area contributed by atoms with Crippen molar-refractivity contribution in [3.05, 3.63) is 0 Å². The minimum absolute atomic E-state index is 0. The molecule has 0 aromatic carbocycles. The van der Waals surface area contributed by atoms with Crippen molar-refractivity contribution in [2.75, 3.05) is 0 Å². The molecular formula is H6Ba2NiO6. The molecule has 9 heteroatoms. The van der Waals surface area contributed by atoms with Crippen LogP contribution in [0.3, 0.4) is 0 Å². The van der Waals surface area contributed by atoms with Gasteiger partial charge < -0.3 is 32.9 Å². The molecule has 0 aliphatic carbocycles. The van der Waals surface area contributed by atoms with Gasteiger partial charge in [0.2, 0.25) is 0 Å². The molecule has 0 spiro atoms. The second kappa shape index (κ2) is 107. The van der Waals surface area contributed by atoms with Gasteiger partial charge in [-0.25, -0.2) is 0 Å². The molecular weight excluding hydrogens is 429 g/mol. The maximum Gasteiger partial charge on any atom is 2.00 e. The molecule has 0 heterocycles. The summed E-state index contributed by atoms with van der Waals surface area (Å²) >= 11 is 0. The van der Waals surface area contributed by atoms with Crippen molar-refractivity contribution in [1.29, 1.82) is 0 Å². The van der Waals surface area contributed by atoms with E-state index >= 15 is 0 Å². The number of hydrogen-bond donors (Lipinski definition) is 0. The molecule has 0 fully saturated rings. The van der Waals surface area contributed by atoms with Crippen molar-refractivity contribution in [2.24, 2.45) is 0 Å². The van der Waals surface area contributed by atoms with Gasteiger partial charge in [-0.15, -0.1) is 0 Å². The Hall–Kier alpha value is 3.40. The van der Waals surface area contributed by atoms with E-state index in [-0.39, 0.29) is 147 Å². The van der Waals surface area contributed by atoms with Gasteiger partial charge in [-0.3, -0.25) is 0 Å². The summed E-state index contributed by atoms with van der Waals surface area (Å²) in [6.07, 6.45) is 0. The van der Waals surface area contributed by atoms with Gasteiger partial charge in [0, 0.05) is 0 Å². The van der Waals surface area contributed by atoms with Crippen LogP contribution < -0.4 is 0 Å². The molecule has 9 heavy (non-hydrogen) atoms. The minimum atomic E-state index is 0. The van der Waals surface area contributed by atoms with Gasteiger partial charge in [0.25, 0.3) is 0 Å². The van der Waals surface area contributed by atoms with Crippen molar-refractivity contribution in [3.63, 3.8) is 0 Å². The maximum atomic E-state index is 0. The average Bonchev–Trinajstić information content (AvgIpc) is 0. The normalized spacial score (nSPS) is 0. The van der Waals surface area contributed by atoms with Crippen LogP contribution in [-0.2, 0) is 16.5 Å². The molecule has 0 amide bonds. The Morgan fingerprint density at radius 2 is 0.333 bits per heavy atom. The largest absolute Gasteiger partial charge is 2.00 e. The van der Waals surface area contributed by atoms with E-state index in [0.717, 1.165) is 0 Å². The van der Waals surface area contributed by atoms with Gasteiger partial charge in [0.05, 0.1) is 0 Å². The van der Waals surface area contributed by atoms with E-state index in [9.17, 15) is 0 Å². The standard InChI is InChI=1S/2Ba.Ni.6H2O/h;;;6*1H2/q3*+2;;;;;;/p-6. The summed E-state index contributed by atoms with van der Waals surface area (Å²) in [5.74, 6) is 0. The van der Waals surface area contributed by atoms with Crippen molar-refractivity contribution < 1.29 is 49.3 Å². The SMILES string of the molecule is [Ba+2].[Ba+2].[Ni+2].[OH-].[OH-].[OH-].[OH-].[OH-].[OH-]. The Bertz CT molecular complexity index is 11.0. The van der Waals surface area contributed by atoms with Crippen LogP contribution in [0.5, 0.6) is 0 Å². The van der Waals surface area contributed by atoms with Gasteiger partial charge in [-0.05, 0) is 0 Å². The second-order valence-electron chi connectivity index (χ2n) is 0. The van der Waals surface area contributed by atoms with E-state index in [0.29, 0.717) is 0 Å². The summed E-state index contributed by atoms with van der Waals surface area (Å²) in [7, 11) is 0. The Morgan fingerprint density at radius 3 is 0.333 bits per heavy atom. The zero-order chi connectivity index (χ0) is 0. The van der Waals surface area contributed by atoms with Crippen LogP contribution in [0.2, 0.25) is 0 Å². The zero-order valence-corrected chi connectivity index (χ0v) is 14.3. The molecule has 0 bridgehead atoms. The fraction of sp³-hybridized carbons (Fsp3) is 0. The molecule has 0 aromatic rings. The molecule has 0 saturated heterocycles. The van der Waals surface area contributed by atoms with Gasteiger partial charge in [-0.2, -0.15) is 0 Å². The van der Waals surface area contributed by atoms with Crippen molar-refractivity contribution >= 4 is 97.8 Å². The van der Waals surface area contributed by atoms with Crippen LogP contribution in [0.25, 0.3) is 0 Å². The molecule has 6 N–H and O–H groups in total. The van der Waals surface area contributed by atoms with E-state index in [1.165, 1.54) is 0 Å². The summed E-state index contributed by atoms with van der Waals surface area (Å²) in [4.78, 5) is 0. The average molecular weight is 435 g/mol. The van der Waals surface area contributed by atoms with Crippen molar-refractivity contribution in [3.8, 4) is 0 Å². The third-order valence-electron chi connectivity index (χ3n) is 0. The van der Waals surface area contributed by atoms with Crippen LogP contribution in [0, 0.1) is 0 Å². The molecule has 0 rings (SSSR count). The number of hydrogen-bond acceptors (Lipinski definition) is 6. The second-order valence-corrected chi connectivity index (χ2v) is 0. The molecule has 0 unspecified atom stereocenters. The van der Waals surface area contributed by atoms with Crippen LogP contribution in [0.4, 0.5) is 0 Å². The molecule has 0 aliphatic rings. The van der Waals surface area contributed by atoms with Crippen LogP contribution in [-0.4, -0.2) is 131 Å². The third-order valence-corrected chi connectivity index (χ3v) is 0. The van der Waals surface area contributed by atoms with E-state index in [4.69, 9.17) is 0 Å². The fourth-order valence-corrected chi connectivity index (χ4v) is 0. The summed E-state index contributed by atoms with van der Waals surface area (Å²) in [6.45, 7) is 0. The molecule has 56 valence electrons. The minimum Gasteiger partial charge on any atom is -0.870 e. The monoisotopic (exact) mass is 436 g/mol. The number of rotatable bonds is 0. The van der Waals surface area contributed by atoms with Crippen LogP contribution >= 0.6 is 0 Å². The molecule has 0 atom stereocenters. The summed E-state index contributed by atoms with van der Waals surface area (Å²) < 4.78 is 0. The first-order valence-corrected chi connectivity index (χ1v) is 0. The Labute approximate surface area is 143 Å². The zero-order valence-electron chi connectivity index (χ0n) is 4.41. The first kappa shape index (κ1) is 140.